The summed E-state index contributed by atoms with van der Waals surface area (Å²) in [6.45, 7) is 7.93. The van der Waals surface area contributed by atoms with Crippen LogP contribution >= 0.6 is 11.6 Å². The first-order valence-electron chi connectivity index (χ1n) is 7.70. The van der Waals surface area contributed by atoms with E-state index in [2.05, 4.69) is 0 Å². The molecule has 1 amide bonds. The smallest absolute Gasteiger partial charge is 0.410 e. The molecule has 120 valence electrons. The summed E-state index contributed by atoms with van der Waals surface area (Å²) in [5.41, 5.74) is -0.432. The fourth-order valence-corrected chi connectivity index (χ4v) is 3.30. The van der Waals surface area contributed by atoms with Gasteiger partial charge < -0.3 is 14.4 Å². The summed E-state index contributed by atoms with van der Waals surface area (Å²) < 4.78 is 11.2. The number of likely N-dealkylation sites (tertiary alicyclic amines) is 1. The monoisotopic (exact) mass is 323 g/mol. The van der Waals surface area contributed by atoms with E-state index in [9.17, 15) is 4.79 Å². The van der Waals surface area contributed by atoms with E-state index >= 15 is 0 Å². The van der Waals surface area contributed by atoms with Gasteiger partial charge in [-0.1, -0.05) is 17.7 Å². The van der Waals surface area contributed by atoms with Crippen LogP contribution in [-0.4, -0.2) is 36.3 Å². The number of fused-ring (bicyclic) bond motifs is 1. The van der Waals surface area contributed by atoms with Crippen LogP contribution in [-0.2, 0) is 4.74 Å². The second kappa shape index (κ2) is 5.65. The Kier molecular flexibility index (Phi) is 3.98. The lowest BCUT2D eigenvalue weighted by Gasteiger charge is -2.25. The summed E-state index contributed by atoms with van der Waals surface area (Å²) in [6, 6.07) is 7.46. The molecule has 1 aromatic carbocycles. The van der Waals surface area contributed by atoms with Crippen molar-refractivity contribution in [1.29, 1.82) is 0 Å². The Morgan fingerprint density at radius 3 is 2.59 bits per heavy atom. The SMILES string of the molecule is CC(C)(C)OC(=O)N1C[C@@H]2[C@H](COc3cccc(Cl)c3)[C@@H]2C1. The van der Waals surface area contributed by atoms with Crippen molar-refractivity contribution in [3.05, 3.63) is 29.3 Å². The van der Waals surface area contributed by atoms with Crippen LogP contribution in [0.15, 0.2) is 24.3 Å². The number of rotatable bonds is 3. The van der Waals surface area contributed by atoms with Crippen molar-refractivity contribution >= 4 is 17.7 Å². The molecule has 4 nitrogen and oxygen atoms in total. The number of hydrogen-bond acceptors (Lipinski definition) is 3. The molecular weight excluding hydrogens is 302 g/mol. The van der Waals surface area contributed by atoms with Crippen LogP contribution in [0.1, 0.15) is 20.8 Å². The van der Waals surface area contributed by atoms with Crippen LogP contribution in [0.5, 0.6) is 5.75 Å². The molecule has 2 aliphatic rings. The number of halogens is 1. The molecule has 3 atom stereocenters. The number of ether oxygens (including phenoxy) is 2. The zero-order valence-corrected chi connectivity index (χ0v) is 14.0. The molecule has 1 aromatic rings. The molecule has 3 rings (SSSR count). The van der Waals surface area contributed by atoms with E-state index in [1.165, 1.54) is 0 Å². The Labute approximate surface area is 136 Å². The molecule has 0 bridgehead atoms. The zero-order chi connectivity index (χ0) is 15.9. The van der Waals surface area contributed by atoms with Gasteiger partial charge in [0.2, 0.25) is 0 Å². The van der Waals surface area contributed by atoms with Crippen molar-refractivity contribution in [3.63, 3.8) is 0 Å². The molecule has 1 aliphatic carbocycles. The van der Waals surface area contributed by atoms with Crippen LogP contribution in [0.3, 0.4) is 0 Å². The minimum absolute atomic E-state index is 0.200. The average molecular weight is 324 g/mol. The van der Waals surface area contributed by atoms with E-state index in [-0.39, 0.29) is 6.09 Å². The Balaban J connectivity index is 1.44. The highest BCUT2D eigenvalue weighted by Crippen LogP contribution is 2.51. The van der Waals surface area contributed by atoms with Crippen molar-refractivity contribution in [2.75, 3.05) is 19.7 Å². The van der Waals surface area contributed by atoms with E-state index in [4.69, 9.17) is 21.1 Å². The maximum absolute atomic E-state index is 12.0. The molecule has 1 heterocycles. The van der Waals surface area contributed by atoms with Gasteiger partial charge in [0.15, 0.2) is 0 Å². The van der Waals surface area contributed by atoms with Crippen LogP contribution in [0.4, 0.5) is 4.79 Å². The van der Waals surface area contributed by atoms with Gasteiger partial charge in [-0.2, -0.15) is 0 Å². The molecular formula is C17H22ClNO3. The number of hydrogen-bond donors (Lipinski definition) is 0. The van der Waals surface area contributed by atoms with Gasteiger partial charge in [-0.25, -0.2) is 4.79 Å². The van der Waals surface area contributed by atoms with E-state index in [0.717, 1.165) is 18.8 Å². The number of amides is 1. The predicted molar refractivity (Wildman–Crippen MR) is 85.2 cm³/mol. The maximum Gasteiger partial charge on any atom is 0.410 e. The lowest BCUT2D eigenvalue weighted by Crippen LogP contribution is -2.37. The molecule has 0 aromatic heterocycles. The predicted octanol–water partition coefficient (Wildman–Crippen LogP) is 3.83. The molecule has 1 saturated heterocycles. The summed E-state index contributed by atoms with van der Waals surface area (Å²) in [7, 11) is 0. The maximum atomic E-state index is 12.0. The minimum atomic E-state index is -0.432. The number of benzene rings is 1. The van der Waals surface area contributed by atoms with Gasteiger partial charge in [0.05, 0.1) is 6.61 Å². The average Bonchev–Trinajstić information content (AvgIpc) is 2.86. The molecule has 1 aliphatic heterocycles. The fraction of sp³-hybridized carbons (Fsp3) is 0.588. The molecule has 0 radical (unpaired) electrons. The molecule has 0 unspecified atom stereocenters. The number of carbonyl (C=O) groups excluding carboxylic acids is 1. The quantitative estimate of drug-likeness (QED) is 0.848. The highest BCUT2D eigenvalue weighted by atomic mass is 35.5. The van der Waals surface area contributed by atoms with Crippen molar-refractivity contribution in [2.45, 2.75) is 26.4 Å². The lowest BCUT2D eigenvalue weighted by atomic mass is 10.2. The molecule has 0 N–H and O–H groups in total. The molecule has 0 spiro atoms. The van der Waals surface area contributed by atoms with Crippen LogP contribution in [0, 0.1) is 17.8 Å². The van der Waals surface area contributed by atoms with Crippen molar-refractivity contribution in [1.82, 2.24) is 4.90 Å². The van der Waals surface area contributed by atoms with E-state index in [1.807, 2.05) is 49.9 Å². The summed E-state index contributed by atoms with van der Waals surface area (Å²) in [5.74, 6) is 2.44. The first kappa shape index (κ1) is 15.5. The lowest BCUT2D eigenvalue weighted by molar-refractivity contribution is 0.0261. The number of piperidine rings is 1. The van der Waals surface area contributed by atoms with Gasteiger partial charge in [0.25, 0.3) is 0 Å². The second-order valence-electron chi connectivity index (χ2n) is 7.15. The minimum Gasteiger partial charge on any atom is -0.493 e. The highest BCUT2D eigenvalue weighted by Gasteiger charge is 2.57. The zero-order valence-electron chi connectivity index (χ0n) is 13.2. The number of nitrogens with zero attached hydrogens (tertiary/aromatic N) is 1. The fourth-order valence-electron chi connectivity index (χ4n) is 3.12. The topological polar surface area (TPSA) is 38.8 Å². The molecule has 1 saturated carbocycles. The summed E-state index contributed by atoms with van der Waals surface area (Å²) in [6.07, 6.45) is -0.200. The normalized spacial score (nSPS) is 26.5. The van der Waals surface area contributed by atoms with Gasteiger partial charge >= 0.3 is 6.09 Å². The largest absolute Gasteiger partial charge is 0.493 e. The van der Waals surface area contributed by atoms with Crippen molar-refractivity contribution in [3.8, 4) is 5.75 Å². The summed E-state index contributed by atoms with van der Waals surface area (Å²) >= 11 is 5.94. The van der Waals surface area contributed by atoms with Gasteiger partial charge in [0, 0.05) is 24.0 Å². The Morgan fingerprint density at radius 1 is 1.32 bits per heavy atom. The first-order valence-corrected chi connectivity index (χ1v) is 8.07. The Hall–Kier alpha value is -1.42. The van der Waals surface area contributed by atoms with Gasteiger partial charge in [-0.15, -0.1) is 0 Å². The third kappa shape index (κ3) is 3.49. The molecule has 22 heavy (non-hydrogen) atoms. The standard InChI is InChI=1S/C17H22ClNO3/c1-17(2,3)22-16(20)19-8-13-14(9-19)15(13)10-21-12-6-4-5-11(18)7-12/h4-7,13-15H,8-10H2,1-3H3/t13-,14+,15-. The third-order valence-corrected chi connectivity index (χ3v) is 4.50. The van der Waals surface area contributed by atoms with Crippen molar-refractivity contribution in [2.24, 2.45) is 17.8 Å². The Bertz CT molecular complexity index is 557. The Morgan fingerprint density at radius 2 is 2.00 bits per heavy atom. The summed E-state index contributed by atoms with van der Waals surface area (Å²) in [4.78, 5) is 13.8. The van der Waals surface area contributed by atoms with Gasteiger partial charge in [-0.3, -0.25) is 0 Å². The number of carbonyl (C=O) groups is 1. The molecule has 2 fully saturated rings. The van der Waals surface area contributed by atoms with E-state index in [0.29, 0.717) is 29.4 Å². The van der Waals surface area contributed by atoms with Gasteiger partial charge in [0.1, 0.15) is 11.4 Å². The highest BCUT2D eigenvalue weighted by molar-refractivity contribution is 6.30. The van der Waals surface area contributed by atoms with Crippen LogP contribution in [0.2, 0.25) is 5.02 Å². The third-order valence-electron chi connectivity index (χ3n) is 4.26. The van der Waals surface area contributed by atoms with Crippen LogP contribution in [0.25, 0.3) is 0 Å². The second-order valence-corrected chi connectivity index (χ2v) is 7.58. The van der Waals surface area contributed by atoms with E-state index < -0.39 is 5.60 Å². The van der Waals surface area contributed by atoms with Crippen LogP contribution < -0.4 is 4.74 Å². The molecule has 5 heteroatoms. The van der Waals surface area contributed by atoms with E-state index in [1.54, 1.807) is 0 Å². The van der Waals surface area contributed by atoms with Crippen molar-refractivity contribution < 1.29 is 14.3 Å². The first-order chi connectivity index (χ1) is 10.3. The summed E-state index contributed by atoms with van der Waals surface area (Å²) in [5, 5.41) is 0.685. The van der Waals surface area contributed by atoms with Gasteiger partial charge in [-0.05, 0) is 50.8 Å².